The molecule has 3 heterocycles. The number of hydrogen-bond acceptors (Lipinski definition) is 4. The monoisotopic (exact) mass is 357 g/mol. The van der Waals surface area contributed by atoms with Crippen molar-refractivity contribution in [2.24, 2.45) is 5.73 Å². The number of aryl methyl sites for hydroxylation is 1. The highest BCUT2D eigenvalue weighted by atomic mass is 35.5. The van der Waals surface area contributed by atoms with E-state index in [1.165, 1.54) is 5.56 Å². The van der Waals surface area contributed by atoms with Gasteiger partial charge in [0.1, 0.15) is 5.39 Å². The lowest BCUT2D eigenvalue weighted by Crippen LogP contribution is -2.49. The highest BCUT2D eigenvalue weighted by Crippen LogP contribution is 2.29. The van der Waals surface area contributed by atoms with Crippen molar-refractivity contribution in [2.45, 2.75) is 18.9 Å². The van der Waals surface area contributed by atoms with Gasteiger partial charge in [-0.05, 0) is 36.8 Å². The van der Waals surface area contributed by atoms with E-state index in [-0.39, 0.29) is 5.54 Å². The molecule has 1 aliphatic heterocycles. The third-order valence-electron chi connectivity index (χ3n) is 4.88. The Morgan fingerprint density at radius 2 is 2.20 bits per heavy atom. The molecule has 1 fully saturated rings. The molecule has 7 heteroatoms. The highest BCUT2D eigenvalue weighted by molar-refractivity contribution is 6.30. The van der Waals surface area contributed by atoms with E-state index in [9.17, 15) is 0 Å². The Morgan fingerprint density at radius 3 is 3.00 bits per heavy atom. The van der Waals surface area contributed by atoms with Crippen LogP contribution in [0.1, 0.15) is 12.0 Å². The third-order valence-corrected chi connectivity index (χ3v) is 5.13. The van der Waals surface area contributed by atoms with Crippen LogP contribution >= 0.6 is 11.6 Å². The fourth-order valence-corrected chi connectivity index (χ4v) is 3.59. The first-order chi connectivity index (χ1) is 12.0. The minimum absolute atomic E-state index is 0.284. The second kappa shape index (κ2) is 6.20. The summed E-state index contributed by atoms with van der Waals surface area (Å²) in [5.74, 6) is 1.09. The largest absolute Gasteiger partial charge is 0.383 e. The number of halogens is 1. The summed E-state index contributed by atoms with van der Waals surface area (Å²) < 4.78 is 0. The number of H-pyrrole nitrogens is 2. The van der Waals surface area contributed by atoms with E-state index in [1.807, 2.05) is 30.5 Å². The Hall–Kier alpha value is -2.31. The zero-order valence-corrected chi connectivity index (χ0v) is 14.9. The molecule has 25 heavy (non-hydrogen) atoms. The molecular formula is C18H22ClN6+. The summed E-state index contributed by atoms with van der Waals surface area (Å²) in [6.45, 7) is 4.50. The van der Waals surface area contributed by atoms with Crippen LogP contribution in [0.25, 0.3) is 11.0 Å². The quantitative estimate of drug-likeness (QED) is 0.669. The lowest BCUT2D eigenvalue weighted by atomic mass is 10.0. The van der Waals surface area contributed by atoms with Gasteiger partial charge in [0.15, 0.2) is 0 Å². The van der Waals surface area contributed by atoms with Crippen LogP contribution in [0.3, 0.4) is 0 Å². The van der Waals surface area contributed by atoms with Crippen LogP contribution in [0.4, 0.5) is 11.5 Å². The van der Waals surface area contributed by atoms with Crippen LogP contribution in [-0.2, 0) is 0 Å². The summed E-state index contributed by atoms with van der Waals surface area (Å²) >= 11 is 5.93. The molecule has 0 spiro atoms. The number of rotatable bonds is 4. The number of benzene rings is 1. The van der Waals surface area contributed by atoms with Crippen molar-refractivity contribution in [3.63, 3.8) is 0 Å². The number of fused-ring (bicyclic) bond motifs is 1. The van der Waals surface area contributed by atoms with Crippen LogP contribution in [0.5, 0.6) is 0 Å². The second-order valence-corrected chi connectivity index (χ2v) is 7.28. The second-order valence-electron chi connectivity index (χ2n) is 6.84. The minimum atomic E-state index is -0.284. The summed E-state index contributed by atoms with van der Waals surface area (Å²) in [6.07, 6.45) is 4.65. The lowest BCUT2D eigenvalue weighted by molar-refractivity contribution is -0.366. The Morgan fingerprint density at radius 1 is 1.40 bits per heavy atom. The van der Waals surface area contributed by atoms with Gasteiger partial charge in [0, 0.05) is 29.9 Å². The third kappa shape index (κ3) is 3.15. The normalized spacial score (nSPS) is 20.4. The number of nitrogens with one attached hydrogen (secondary N) is 3. The van der Waals surface area contributed by atoms with Crippen molar-refractivity contribution >= 4 is 34.1 Å². The summed E-state index contributed by atoms with van der Waals surface area (Å²) in [5, 5.41) is 5.30. The molecule has 0 radical (unpaired) electrons. The van der Waals surface area contributed by atoms with E-state index in [2.05, 4.69) is 32.1 Å². The molecule has 4 rings (SSSR count). The van der Waals surface area contributed by atoms with Gasteiger partial charge in [-0.3, -0.25) is 4.90 Å². The van der Waals surface area contributed by atoms with Gasteiger partial charge < -0.3 is 16.0 Å². The standard InChI is InChI=1S/C18H21ClN6/c1-12-8-21-16-15(12)17(24-11-23-16)25-7-6-18(20,10-25)9-22-14-4-2-13(19)3-5-14/h2-5,8,11,22H,6-7,9-10,20H2,1H3,(H,21,23,24)/p+1. The van der Waals surface area contributed by atoms with Gasteiger partial charge >= 0.3 is 0 Å². The van der Waals surface area contributed by atoms with E-state index in [0.29, 0.717) is 6.54 Å². The molecule has 0 aliphatic carbocycles. The average Bonchev–Trinajstić information content (AvgIpc) is 3.19. The topological polar surface area (TPSA) is 84.1 Å². The number of anilines is 2. The van der Waals surface area contributed by atoms with Gasteiger partial charge in [-0.15, -0.1) is 0 Å². The van der Waals surface area contributed by atoms with Gasteiger partial charge in [-0.25, -0.2) is 4.98 Å². The van der Waals surface area contributed by atoms with Crippen molar-refractivity contribution in [3.8, 4) is 0 Å². The maximum absolute atomic E-state index is 6.65. The Balaban J connectivity index is 1.50. The van der Waals surface area contributed by atoms with Gasteiger partial charge in [0.05, 0.1) is 18.6 Å². The predicted octanol–water partition coefficient (Wildman–Crippen LogP) is 2.36. The van der Waals surface area contributed by atoms with Crippen molar-refractivity contribution in [3.05, 3.63) is 47.4 Å². The lowest BCUT2D eigenvalue weighted by Gasteiger charge is -2.24. The van der Waals surface area contributed by atoms with Crippen LogP contribution in [0, 0.1) is 6.92 Å². The van der Waals surface area contributed by atoms with Crippen molar-refractivity contribution in [1.82, 2.24) is 9.97 Å². The van der Waals surface area contributed by atoms with E-state index in [4.69, 9.17) is 17.3 Å². The first-order valence-electron chi connectivity index (χ1n) is 8.42. The Labute approximate surface area is 151 Å². The van der Waals surface area contributed by atoms with E-state index >= 15 is 0 Å². The average molecular weight is 358 g/mol. The van der Waals surface area contributed by atoms with E-state index in [0.717, 1.165) is 47.1 Å². The maximum Gasteiger partial charge on any atom is 0.234 e. The Kier molecular flexibility index (Phi) is 4.01. The number of nitrogens with two attached hydrogens (primary N) is 1. The number of hydrogen-bond donors (Lipinski definition) is 3. The molecule has 1 saturated heterocycles. The number of aromatic amines is 2. The fraction of sp³-hybridized carbons (Fsp3) is 0.333. The molecule has 1 aromatic carbocycles. The molecule has 0 bridgehead atoms. The molecule has 5 N–H and O–H groups in total. The molecule has 0 saturated carbocycles. The minimum Gasteiger partial charge on any atom is -0.383 e. The molecule has 130 valence electrons. The zero-order valence-electron chi connectivity index (χ0n) is 14.1. The molecule has 1 atom stereocenters. The molecule has 6 nitrogen and oxygen atoms in total. The van der Waals surface area contributed by atoms with Crippen LogP contribution in [0.15, 0.2) is 36.8 Å². The number of nitrogens with zero attached hydrogens (tertiary/aromatic N) is 2. The van der Waals surface area contributed by atoms with Crippen LogP contribution in [0.2, 0.25) is 5.02 Å². The fourth-order valence-electron chi connectivity index (χ4n) is 3.46. The molecule has 1 aliphatic rings. The first-order valence-corrected chi connectivity index (χ1v) is 8.80. The molecule has 1 unspecified atom stereocenters. The van der Waals surface area contributed by atoms with Crippen molar-refractivity contribution in [1.29, 1.82) is 0 Å². The maximum atomic E-state index is 6.65. The molecule has 2 aromatic heterocycles. The van der Waals surface area contributed by atoms with Gasteiger partial charge in [-0.1, -0.05) is 16.6 Å². The Bertz CT molecular complexity index is 890. The van der Waals surface area contributed by atoms with Crippen LogP contribution < -0.4 is 20.9 Å². The van der Waals surface area contributed by atoms with E-state index < -0.39 is 0 Å². The summed E-state index contributed by atoms with van der Waals surface area (Å²) in [5.41, 5.74) is 9.49. The molecule has 3 aromatic rings. The summed E-state index contributed by atoms with van der Waals surface area (Å²) in [4.78, 5) is 13.2. The van der Waals surface area contributed by atoms with Crippen molar-refractivity contribution < 1.29 is 4.98 Å². The van der Waals surface area contributed by atoms with Gasteiger partial charge in [0.2, 0.25) is 17.8 Å². The van der Waals surface area contributed by atoms with Gasteiger partial charge in [-0.2, -0.15) is 0 Å². The smallest absolute Gasteiger partial charge is 0.234 e. The summed E-state index contributed by atoms with van der Waals surface area (Å²) in [6, 6.07) is 7.71. The number of aromatic nitrogens is 3. The summed E-state index contributed by atoms with van der Waals surface area (Å²) in [7, 11) is 0. The van der Waals surface area contributed by atoms with Crippen molar-refractivity contribution in [2.75, 3.05) is 29.9 Å². The van der Waals surface area contributed by atoms with Gasteiger partial charge in [0.25, 0.3) is 0 Å². The van der Waals surface area contributed by atoms with Crippen LogP contribution in [-0.4, -0.2) is 35.1 Å². The first kappa shape index (κ1) is 16.2. The predicted molar refractivity (Wildman–Crippen MR) is 101 cm³/mol. The molecular weight excluding hydrogens is 336 g/mol. The zero-order chi connectivity index (χ0) is 17.4. The molecule has 0 amide bonds. The highest BCUT2D eigenvalue weighted by Gasteiger charge is 2.39. The van der Waals surface area contributed by atoms with E-state index in [1.54, 1.807) is 6.33 Å². The SMILES string of the molecule is Cc1c[nH]c2nc[nH+]c(N3CCC(N)(CNc4ccc(Cl)cc4)C3)c12.